The second-order valence-electron chi connectivity index (χ2n) is 5.17. The number of nitrogens with zero attached hydrogens (tertiary/aromatic N) is 1. The van der Waals surface area contributed by atoms with Gasteiger partial charge in [0.05, 0.1) is 19.2 Å². The lowest BCUT2D eigenvalue weighted by Gasteiger charge is -2.11. The number of benzene rings is 1. The third-order valence-corrected chi connectivity index (χ3v) is 3.50. The molecular weight excluding hydrogens is 268 g/mol. The molecule has 0 spiro atoms. The minimum absolute atomic E-state index is 0.229. The Morgan fingerprint density at radius 2 is 2.10 bits per heavy atom. The number of rotatable bonds is 5. The van der Waals surface area contributed by atoms with Gasteiger partial charge in [0.15, 0.2) is 0 Å². The first-order valence-electron chi connectivity index (χ1n) is 7.10. The van der Waals surface area contributed by atoms with Crippen LogP contribution in [0.3, 0.4) is 0 Å². The molecule has 114 valence electrons. The molecule has 0 radical (unpaired) electrons. The number of methoxy groups -OCH3 is 1. The molecule has 0 aliphatic carbocycles. The van der Waals surface area contributed by atoms with E-state index in [1.54, 1.807) is 14.0 Å². The smallest absolute Gasteiger partial charge is 0.327 e. The molecule has 5 nitrogen and oxygen atoms in total. The molecule has 2 rings (SSSR count). The Hall–Kier alpha value is -2.01. The number of ether oxygens (including phenoxy) is 2. The van der Waals surface area contributed by atoms with E-state index < -0.39 is 12.0 Å². The van der Waals surface area contributed by atoms with Gasteiger partial charge in [-0.25, -0.2) is 4.79 Å². The molecule has 0 saturated heterocycles. The predicted octanol–water partition coefficient (Wildman–Crippen LogP) is 2.79. The van der Waals surface area contributed by atoms with E-state index in [0.717, 1.165) is 22.2 Å². The first kappa shape index (κ1) is 15.4. The van der Waals surface area contributed by atoms with Crippen molar-refractivity contribution in [3.63, 3.8) is 0 Å². The molecule has 5 heteroatoms. The lowest BCUT2D eigenvalue weighted by molar-refractivity contribution is -0.144. The van der Waals surface area contributed by atoms with Gasteiger partial charge >= 0.3 is 5.97 Å². The zero-order valence-electron chi connectivity index (χ0n) is 12.9. The number of esters is 1. The van der Waals surface area contributed by atoms with Gasteiger partial charge in [0.25, 0.3) is 0 Å². The Labute approximate surface area is 124 Å². The first-order chi connectivity index (χ1) is 10.0. The van der Waals surface area contributed by atoms with Gasteiger partial charge in [0.1, 0.15) is 11.8 Å². The van der Waals surface area contributed by atoms with Crippen molar-refractivity contribution < 1.29 is 14.3 Å². The van der Waals surface area contributed by atoms with Crippen LogP contribution in [-0.2, 0) is 9.53 Å². The van der Waals surface area contributed by atoms with Crippen LogP contribution in [0.5, 0.6) is 5.75 Å². The van der Waals surface area contributed by atoms with Crippen molar-refractivity contribution in [2.45, 2.75) is 32.9 Å². The van der Waals surface area contributed by atoms with Gasteiger partial charge in [-0.1, -0.05) is 12.1 Å². The fraction of sp³-hybridized carbons (Fsp3) is 0.438. The normalized spacial score (nSPS) is 12.7. The molecule has 0 fully saturated rings. The molecular formula is C16H22N2O3. The lowest BCUT2D eigenvalue weighted by Crippen LogP contribution is -2.23. The molecule has 1 heterocycles. The van der Waals surface area contributed by atoms with E-state index in [2.05, 4.69) is 18.4 Å². The summed E-state index contributed by atoms with van der Waals surface area (Å²) in [5.74, 6) is 0.353. The quantitative estimate of drug-likeness (QED) is 0.860. The van der Waals surface area contributed by atoms with Gasteiger partial charge in [-0.3, -0.25) is 0 Å². The zero-order chi connectivity index (χ0) is 15.6. The number of nitrogens with two attached hydrogens (primary N) is 1. The molecule has 0 bridgehead atoms. The summed E-state index contributed by atoms with van der Waals surface area (Å²) in [5, 5.41) is 0.920. The first-order valence-corrected chi connectivity index (χ1v) is 7.10. The van der Waals surface area contributed by atoms with E-state index >= 15 is 0 Å². The SMILES string of the molecule is CCOC(=O)C(N)c1cn(C(C)C)c2c(OC)cccc12. The molecule has 21 heavy (non-hydrogen) atoms. The Bertz CT molecular complexity index is 646. The summed E-state index contributed by atoms with van der Waals surface area (Å²) in [5.41, 5.74) is 7.78. The minimum Gasteiger partial charge on any atom is -0.495 e. The monoisotopic (exact) mass is 290 g/mol. The number of hydrogen-bond acceptors (Lipinski definition) is 4. The van der Waals surface area contributed by atoms with Crippen LogP contribution in [0.25, 0.3) is 10.9 Å². The van der Waals surface area contributed by atoms with Crippen LogP contribution in [-0.4, -0.2) is 24.3 Å². The molecule has 1 aromatic heterocycles. The van der Waals surface area contributed by atoms with Gasteiger partial charge in [-0.15, -0.1) is 0 Å². The van der Waals surface area contributed by atoms with Crippen molar-refractivity contribution in [3.05, 3.63) is 30.0 Å². The van der Waals surface area contributed by atoms with Crippen LogP contribution in [0.2, 0.25) is 0 Å². The molecule has 1 unspecified atom stereocenters. The van der Waals surface area contributed by atoms with Crippen LogP contribution in [0.15, 0.2) is 24.4 Å². The molecule has 2 aromatic rings. The van der Waals surface area contributed by atoms with Crippen LogP contribution in [0.1, 0.15) is 38.4 Å². The predicted molar refractivity (Wildman–Crippen MR) is 82.4 cm³/mol. The van der Waals surface area contributed by atoms with Crippen molar-refractivity contribution >= 4 is 16.9 Å². The Morgan fingerprint density at radius 1 is 1.38 bits per heavy atom. The highest BCUT2D eigenvalue weighted by Crippen LogP contribution is 2.34. The third-order valence-electron chi connectivity index (χ3n) is 3.50. The number of para-hydroxylation sites is 1. The fourth-order valence-electron chi connectivity index (χ4n) is 2.48. The third kappa shape index (κ3) is 2.74. The highest BCUT2D eigenvalue weighted by Gasteiger charge is 2.24. The van der Waals surface area contributed by atoms with Crippen molar-refractivity contribution in [1.29, 1.82) is 0 Å². The van der Waals surface area contributed by atoms with E-state index in [4.69, 9.17) is 15.2 Å². The summed E-state index contributed by atoms with van der Waals surface area (Å²) in [4.78, 5) is 11.9. The maximum absolute atomic E-state index is 11.9. The Balaban J connectivity index is 2.63. The van der Waals surface area contributed by atoms with E-state index in [-0.39, 0.29) is 6.04 Å². The van der Waals surface area contributed by atoms with Gasteiger partial charge in [-0.2, -0.15) is 0 Å². The standard InChI is InChI=1S/C16H22N2O3/c1-5-21-16(19)14(17)12-9-18(10(2)3)15-11(12)7-6-8-13(15)20-4/h6-10,14H,5,17H2,1-4H3. The van der Waals surface area contributed by atoms with E-state index in [1.807, 2.05) is 24.4 Å². The Morgan fingerprint density at radius 3 is 2.67 bits per heavy atom. The van der Waals surface area contributed by atoms with Crippen LogP contribution in [0.4, 0.5) is 0 Å². The largest absolute Gasteiger partial charge is 0.495 e. The summed E-state index contributed by atoms with van der Waals surface area (Å²) < 4.78 is 12.5. The van der Waals surface area contributed by atoms with Crippen molar-refractivity contribution in [2.24, 2.45) is 5.73 Å². The molecule has 2 N–H and O–H groups in total. The molecule has 1 atom stereocenters. The Kier molecular flexibility index (Phi) is 4.53. The molecule has 1 aromatic carbocycles. The van der Waals surface area contributed by atoms with E-state index in [0.29, 0.717) is 6.61 Å². The number of carbonyl (C=O) groups excluding carboxylic acids is 1. The van der Waals surface area contributed by atoms with Crippen LogP contribution < -0.4 is 10.5 Å². The van der Waals surface area contributed by atoms with Crippen LogP contribution in [0, 0.1) is 0 Å². The maximum atomic E-state index is 11.9. The highest BCUT2D eigenvalue weighted by atomic mass is 16.5. The maximum Gasteiger partial charge on any atom is 0.327 e. The van der Waals surface area contributed by atoms with Crippen molar-refractivity contribution in [3.8, 4) is 5.75 Å². The van der Waals surface area contributed by atoms with E-state index in [1.165, 1.54) is 0 Å². The molecule has 0 saturated carbocycles. The molecule has 0 amide bonds. The van der Waals surface area contributed by atoms with Crippen molar-refractivity contribution in [1.82, 2.24) is 4.57 Å². The summed E-state index contributed by atoms with van der Waals surface area (Å²) in [7, 11) is 1.64. The molecule has 0 aliphatic heterocycles. The topological polar surface area (TPSA) is 66.5 Å². The van der Waals surface area contributed by atoms with E-state index in [9.17, 15) is 4.79 Å². The van der Waals surface area contributed by atoms with Crippen molar-refractivity contribution in [2.75, 3.05) is 13.7 Å². The van der Waals surface area contributed by atoms with Gasteiger partial charge in [-0.05, 0) is 26.8 Å². The average Bonchev–Trinajstić information content (AvgIpc) is 2.86. The number of fused-ring (bicyclic) bond motifs is 1. The fourth-order valence-corrected chi connectivity index (χ4v) is 2.48. The summed E-state index contributed by atoms with van der Waals surface area (Å²) in [6.45, 7) is 6.24. The second kappa shape index (κ2) is 6.18. The number of hydrogen-bond donors (Lipinski definition) is 1. The summed E-state index contributed by atoms with van der Waals surface area (Å²) >= 11 is 0. The average molecular weight is 290 g/mol. The van der Waals surface area contributed by atoms with Gasteiger partial charge in [0.2, 0.25) is 0 Å². The highest BCUT2D eigenvalue weighted by molar-refractivity contribution is 5.93. The minimum atomic E-state index is -0.792. The second-order valence-corrected chi connectivity index (χ2v) is 5.17. The van der Waals surface area contributed by atoms with Gasteiger partial charge < -0.3 is 19.8 Å². The van der Waals surface area contributed by atoms with Gasteiger partial charge in [0, 0.05) is 23.2 Å². The number of aromatic nitrogens is 1. The lowest BCUT2D eigenvalue weighted by atomic mass is 10.1. The zero-order valence-corrected chi connectivity index (χ0v) is 12.9. The van der Waals surface area contributed by atoms with Crippen LogP contribution >= 0.6 is 0 Å². The number of carbonyl (C=O) groups is 1. The summed E-state index contributed by atoms with van der Waals surface area (Å²) in [6, 6.07) is 5.19. The molecule has 0 aliphatic rings. The summed E-state index contributed by atoms with van der Waals surface area (Å²) in [6.07, 6.45) is 1.92.